The number of ether oxygens (including phenoxy) is 2. The van der Waals surface area contributed by atoms with Crippen molar-refractivity contribution in [2.75, 3.05) is 13.2 Å². The van der Waals surface area contributed by atoms with E-state index in [0.29, 0.717) is 6.61 Å². The van der Waals surface area contributed by atoms with Crippen molar-refractivity contribution in [1.82, 2.24) is 0 Å². The van der Waals surface area contributed by atoms with Crippen molar-refractivity contribution in [3.05, 3.63) is 43.7 Å². The summed E-state index contributed by atoms with van der Waals surface area (Å²) < 4.78 is 9.70. The van der Waals surface area contributed by atoms with E-state index in [0.717, 1.165) is 12.2 Å². The highest BCUT2D eigenvalue weighted by molar-refractivity contribution is 5.89. The number of hydrogen-bond donors (Lipinski definition) is 0. The van der Waals surface area contributed by atoms with Crippen LogP contribution in [0.3, 0.4) is 0 Å². The summed E-state index contributed by atoms with van der Waals surface area (Å²) in [6, 6.07) is -1.29. The van der Waals surface area contributed by atoms with Gasteiger partial charge in [-0.25, -0.2) is 4.79 Å². The average molecular weight is 270 g/mol. The summed E-state index contributed by atoms with van der Waals surface area (Å²) in [4.78, 5) is 31.6. The molecule has 0 spiro atoms. The molecule has 102 valence electrons. The van der Waals surface area contributed by atoms with Gasteiger partial charge in [0.1, 0.15) is 12.7 Å². The van der Waals surface area contributed by atoms with Crippen LogP contribution in [-0.4, -0.2) is 41.2 Å². The van der Waals surface area contributed by atoms with E-state index in [1.54, 1.807) is 0 Å². The molecular formula is C10H10N2O7. The van der Waals surface area contributed by atoms with Crippen LogP contribution in [0.15, 0.2) is 23.4 Å². The standard InChI is InChI=1S/C10H10N2O7/c13-10(19-5-9-4-18-9)6-1-7(11(14)15)3-8(2-6)12(16)17/h1,3,8-9H,2,4-5H2/t8?,9-/m1/s1. The van der Waals surface area contributed by atoms with Gasteiger partial charge in [0.05, 0.1) is 29.6 Å². The van der Waals surface area contributed by atoms with Gasteiger partial charge in [0, 0.05) is 11.0 Å². The van der Waals surface area contributed by atoms with E-state index < -0.39 is 27.6 Å². The highest BCUT2D eigenvalue weighted by Gasteiger charge is 2.33. The zero-order valence-electron chi connectivity index (χ0n) is 9.68. The fourth-order valence-corrected chi connectivity index (χ4v) is 1.58. The second kappa shape index (κ2) is 5.14. The quantitative estimate of drug-likeness (QED) is 0.299. The third-order valence-corrected chi connectivity index (χ3v) is 2.66. The normalized spacial score (nSPS) is 25.1. The van der Waals surface area contributed by atoms with Crippen molar-refractivity contribution >= 4 is 5.97 Å². The molecule has 0 aromatic rings. The Bertz CT molecular complexity index is 492. The van der Waals surface area contributed by atoms with E-state index in [2.05, 4.69) is 0 Å². The molecule has 9 heteroatoms. The molecule has 2 atom stereocenters. The maximum atomic E-state index is 11.6. The summed E-state index contributed by atoms with van der Waals surface area (Å²) in [5, 5.41) is 21.4. The maximum Gasteiger partial charge on any atom is 0.334 e. The first-order valence-corrected chi connectivity index (χ1v) is 5.46. The van der Waals surface area contributed by atoms with Crippen LogP contribution >= 0.6 is 0 Å². The van der Waals surface area contributed by atoms with Crippen LogP contribution in [0.4, 0.5) is 0 Å². The second-order valence-electron chi connectivity index (χ2n) is 4.13. The van der Waals surface area contributed by atoms with E-state index in [1.165, 1.54) is 0 Å². The fraction of sp³-hybridized carbons (Fsp3) is 0.500. The fourth-order valence-electron chi connectivity index (χ4n) is 1.58. The molecule has 1 aliphatic heterocycles. The summed E-state index contributed by atoms with van der Waals surface area (Å²) in [6.07, 6.45) is 1.58. The Kier molecular flexibility index (Phi) is 3.56. The Morgan fingerprint density at radius 1 is 1.47 bits per heavy atom. The van der Waals surface area contributed by atoms with E-state index in [1.807, 2.05) is 0 Å². The number of nitrogens with zero attached hydrogens (tertiary/aromatic N) is 2. The molecule has 2 rings (SSSR count). The molecule has 0 aromatic heterocycles. The maximum absolute atomic E-state index is 11.6. The van der Waals surface area contributed by atoms with Crippen molar-refractivity contribution in [3.63, 3.8) is 0 Å². The highest BCUT2D eigenvalue weighted by Crippen LogP contribution is 2.22. The minimum atomic E-state index is -1.29. The zero-order chi connectivity index (χ0) is 14.0. The predicted octanol–water partition coefficient (Wildman–Crippen LogP) is 0.0644. The van der Waals surface area contributed by atoms with E-state index >= 15 is 0 Å². The zero-order valence-corrected chi connectivity index (χ0v) is 9.68. The lowest BCUT2D eigenvalue weighted by molar-refractivity contribution is -0.511. The highest BCUT2D eigenvalue weighted by atomic mass is 16.6. The lowest BCUT2D eigenvalue weighted by atomic mass is 9.99. The lowest BCUT2D eigenvalue weighted by Gasteiger charge is -2.12. The number of epoxide rings is 1. The van der Waals surface area contributed by atoms with Gasteiger partial charge in [0.15, 0.2) is 0 Å². The molecular weight excluding hydrogens is 260 g/mol. The summed E-state index contributed by atoms with van der Waals surface area (Å²) in [6.45, 7) is 0.556. The number of carbonyl (C=O) groups excluding carboxylic acids is 1. The minimum absolute atomic E-state index is 0.0524. The van der Waals surface area contributed by atoms with Gasteiger partial charge in [-0.05, 0) is 0 Å². The third-order valence-electron chi connectivity index (χ3n) is 2.66. The molecule has 0 radical (unpaired) electrons. The molecule has 1 saturated heterocycles. The number of hydrogen-bond acceptors (Lipinski definition) is 7. The van der Waals surface area contributed by atoms with Crippen molar-refractivity contribution in [2.45, 2.75) is 18.6 Å². The van der Waals surface area contributed by atoms with Gasteiger partial charge in [-0.3, -0.25) is 20.2 Å². The summed E-state index contributed by atoms with van der Waals surface area (Å²) in [5.41, 5.74) is -0.542. The smallest absolute Gasteiger partial charge is 0.334 e. The molecule has 0 aromatic carbocycles. The van der Waals surface area contributed by atoms with Gasteiger partial charge in [-0.2, -0.15) is 0 Å². The molecule has 1 fully saturated rings. The van der Waals surface area contributed by atoms with Crippen molar-refractivity contribution in [3.8, 4) is 0 Å². The molecule has 1 aliphatic carbocycles. The predicted molar refractivity (Wildman–Crippen MR) is 59.3 cm³/mol. The minimum Gasteiger partial charge on any atom is -0.459 e. The summed E-state index contributed by atoms with van der Waals surface area (Å²) >= 11 is 0. The van der Waals surface area contributed by atoms with Gasteiger partial charge >= 0.3 is 5.97 Å². The first-order valence-electron chi connectivity index (χ1n) is 5.46. The summed E-state index contributed by atoms with van der Waals surface area (Å²) in [7, 11) is 0. The first-order chi connectivity index (χ1) is 8.97. The van der Waals surface area contributed by atoms with Crippen LogP contribution < -0.4 is 0 Å². The number of carbonyl (C=O) groups is 1. The van der Waals surface area contributed by atoms with Gasteiger partial charge in [0.2, 0.25) is 6.04 Å². The molecule has 1 heterocycles. The Labute approximate surface area is 106 Å². The largest absolute Gasteiger partial charge is 0.459 e. The molecule has 0 N–H and O–H groups in total. The molecule has 2 aliphatic rings. The van der Waals surface area contributed by atoms with E-state index in [4.69, 9.17) is 9.47 Å². The number of rotatable bonds is 5. The van der Waals surface area contributed by atoms with Crippen LogP contribution in [0.1, 0.15) is 6.42 Å². The van der Waals surface area contributed by atoms with Gasteiger partial charge < -0.3 is 9.47 Å². The SMILES string of the molecule is O=C(OC[C@H]1CO1)C1=CC([N+](=O)[O-])=CC([N+](=O)[O-])C1. The summed E-state index contributed by atoms with van der Waals surface area (Å²) in [5.74, 6) is -0.783. The molecule has 0 amide bonds. The molecule has 19 heavy (non-hydrogen) atoms. The second-order valence-corrected chi connectivity index (χ2v) is 4.13. The molecule has 1 unspecified atom stereocenters. The monoisotopic (exact) mass is 270 g/mol. The van der Waals surface area contributed by atoms with Gasteiger partial charge in [-0.1, -0.05) is 0 Å². The van der Waals surface area contributed by atoms with Crippen LogP contribution in [0.25, 0.3) is 0 Å². The van der Waals surface area contributed by atoms with Crippen LogP contribution in [0.2, 0.25) is 0 Å². The topological polar surface area (TPSA) is 125 Å². The number of nitro groups is 2. The Morgan fingerprint density at radius 3 is 2.68 bits per heavy atom. The van der Waals surface area contributed by atoms with Crippen molar-refractivity contribution in [1.29, 1.82) is 0 Å². The number of allylic oxidation sites excluding steroid dienone is 1. The Hall–Kier alpha value is -2.29. The van der Waals surface area contributed by atoms with Crippen LogP contribution in [-0.2, 0) is 14.3 Å². The number of esters is 1. The van der Waals surface area contributed by atoms with Crippen molar-refractivity contribution in [2.24, 2.45) is 0 Å². The lowest BCUT2D eigenvalue weighted by Crippen LogP contribution is -2.25. The molecule has 9 nitrogen and oxygen atoms in total. The van der Waals surface area contributed by atoms with Crippen molar-refractivity contribution < 1.29 is 24.1 Å². The van der Waals surface area contributed by atoms with Gasteiger partial charge in [0.25, 0.3) is 5.70 Å². The Morgan fingerprint density at radius 2 is 2.16 bits per heavy atom. The van der Waals surface area contributed by atoms with Gasteiger partial charge in [-0.15, -0.1) is 0 Å². The molecule has 0 saturated carbocycles. The Balaban J connectivity index is 2.09. The first kappa shape index (κ1) is 13.1. The van der Waals surface area contributed by atoms with Crippen LogP contribution in [0.5, 0.6) is 0 Å². The van der Waals surface area contributed by atoms with Crippen LogP contribution in [0, 0.1) is 20.2 Å². The van der Waals surface area contributed by atoms with E-state index in [-0.39, 0.29) is 24.7 Å². The molecule has 0 bridgehead atoms. The average Bonchev–Trinajstić information content (AvgIpc) is 3.19. The third kappa shape index (κ3) is 3.35. The van der Waals surface area contributed by atoms with E-state index in [9.17, 15) is 25.0 Å².